The zero-order chi connectivity index (χ0) is 23.1. The van der Waals surface area contributed by atoms with Gasteiger partial charge in [0.05, 0.1) is 5.02 Å². The number of benzene rings is 1. The van der Waals surface area contributed by atoms with E-state index in [9.17, 15) is 14.4 Å². The van der Waals surface area contributed by atoms with Gasteiger partial charge in [0, 0.05) is 35.1 Å². The molecule has 0 N–H and O–H groups in total. The van der Waals surface area contributed by atoms with Crippen molar-refractivity contribution in [3.05, 3.63) is 38.1 Å². The van der Waals surface area contributed by atoms with E-state index in [0.29, 0.717) is 14.4 Å². The quantitative estimate of drug-likeness (QED) is 0.167. The molecule has 0 unspecified atom stereocenters. The minimum Gasteiger partial charge on any atom is -0.463 e. The van der Waals surface area contributed by atoms with E-state index in [1.807, 2.05) is 0 Å². The van der Waals surface area contributed by atoms with Crippen LogP contribution in [0.25, 0.3) is 10.4 Å². The Bertz CT molecular complexity index is 899. The molecule has 1 saturated heterocycles. The minimum absolute atomic E-state index is 0.268. The van der Waals surface area contributed by atoms with Crippen LogP contribution in [-0.4, -0.2) is 54.3 Å². The van der Waals surface area contributed by atoms with E-state index in [2.05, 4.69) is 26.0 Å². The number of halogens is 2. The number of nitrogens with zero attached hydrogens (tertiary/aromatic N) is 3. The Labute approximate surface area is 195 Å². The normalized spacial score (nSPS) is 25.1. The van der Waals surface area contributed by atoms with Crippen molar-refractivity contribution in [2.75, 3.05) is 6.61 Å². The Morgan fingerprint density at radius 3 is 2.39 bits per heavy atom. The molecule has 1 heterocycles. The number of rotatable bonds is 7. The van der Waals surface area contributed by atoms with Crippen LogP contribution in [0.2, 0.25) is 5.02 Å². The molecule has 5 atom stereocenters. The summed E-state index contributed by atoms with van der Waals surface area (Å²) in [6.07, 6.45) is -3.22. The van der Waals surface area contributed by atoms with Gasteiger partial charge in [0.25, 0.3) is 0 Å². The Kier molecular flexibility index (Phi) is 9.45. The minimum atomic E-state index is -1.15. The van der Waals surface area contributed by atoms with Crippen LogP contribution in [0, 0.1) is 0 Å². The first kappa shape index (κ1) is 25.3. The first-order valence-electron chi connectivity index (χ1n) is 8.91. The maximum atomic E-state index is 11.8. The molecule has 1 aliphatic heterocycles. The Morgan fingerprint density at radius 1 is 1.19 bits per heavy atom. The second-order valence-electron chi connectivity index (χ2n) is 6.38. The zero-order valence-electron chi connectivity index (χ0n) is 16.7. The lowest BCUT2D eigenvalue weighted by atomic mass is 9.97. The molecule has 0 amide bonds. The highest BCUT2D eigenvalue weighted by Gasteiger charge is 2.50. The summed E-state index contributed by atoms with van der Waals surface area (Å²) in [4.78, 5) is 38.2. The van der Waals surface area contributed by atoms with Crippen LogP contribution < -0.4 is 0 Å². The third-order valence-corrected chi connectivity index (χ3v) is 6.37. The van der Waals surface area contributed by atoms with Crippen LogP contribution >= 0.6 is 39.3 Å². The summed E-state index contributed by atoms with van der Waals surface area (Å²) >= 11 is 10.6. The summed E-state index contributed by atoms with van der Waals surface area (Å²) < 4.78 is 22.4. The van der Waals surface area contributed by atoms with Gasteiger partial charge in [-0.25, -0.2) is 0 Å². The highest BCUT2D eigenvalue weighted by atomic mass is 79.9. The first-order valence-corrected chi connectivity index (χ1v) is 11.0. The van der Waals surface area contributed by atoms with Gasteiger partial charge in [0.15, 0.2) is 0 Å². The molecule has 0 aromatic heterocycles. The van der Waals surface area contributed by atoms with Crippen molar-refractivity contribution in [1.29, 1.82) is 0 Å². The highest BCUT2D eigenvalue weighted by molar-refractivity contribution is 9.10. The van der Waals surface area contributed by atoms with Crippen LogP contribution in [0.1, 0.15) is 20.8 Å². The summed E-state index contributed by atoms with van der Waals surface area (Å²) in [5.41, 5.74) is 8.21. The molecule has 0 radical (unpaired) electrons. The molecule has 168 valence electrons. The van der Waals surface area contributed by atoms with Crippen molar-refractivity contribution in [2.45, 2.75) is 55.5 Å². The van der Waals surface area contributed by atoms with Crippen molar-refractivity contribution in [3.63, 3.8) is 0 Å². The highest BCUT2D eigenvalue weighted by Crippen LogP contribution is 2.39. The SMILES string of the molecule is CC(=O)OC[C@H]1O[C@H](Sc2ccc(Br)c(Cl)c2)[C@H](OC(C)=O)[C@@H](N=[N+]=[N-])[C@H]1OC(C)=O. The average molecular weight is 537 g/mol. The Morgan fingerprint density at radius 2 is 1.84 bits per heavy atom. The molecule has 1 aromatic carbocycles. The van der Waals surface area contributed by atoms with Gasteiger partial charge >= 0.3 is 17.9 Å². The lowest BCUT2D eigenvalue weighted by Crippen LogP contribution is -2.59. The second-order valence-corrected chi connectivity index (χ2v) is 8.82. The Balaban J connectivity index is 2.44. The van der Waals surface area contributed by atoms with Crippen LogP contribution in [0.4, 0.5) is 0 Å². The van der Waals surface area contributed by atoms with Crippen LogP contribution in [0.5, 0.6) is 0 Å². The van der Waals surface area contributed by atoms with Gasteiger partial charge in [0.1, 0.15) is 36.4 Å². The maximum Gasteiger partial charge on any atom is 0.303 e. The van der Waals surface area contributed by atoms with Crippen LogP contribution in [-0.2, 0) is 33.3 Å². The number of ether oxygens (including phenoxy) is 4. The number of azide groups is 1. The predicted molar refractivity (Wildman–Crippen MR) is 114 cm³/mol. The predicted octanol–water partition coefficient (Wildman–Crippen LogP) is 4.02. The van der Waals surface area contributed by atoms with E-state index >= 15 is 0 Å². The smallest absolute Gasteiger partial charge is 0.303 e. The van der Waals surface area contributed by atoms with Crippen molar-refractivity contribution in [1.82, 2.24) is 0 Å². The topological polar surface area (TPSA) is 137 Å². The molecule has 0 bridgehead atoms. The lowest BCUT2D eigenvalue weighted by molar-refractivity contribution is -0.201. The molecule has 1 fully saturated rings. The third kappa shape index (κ3) is 7.29. The number of thioether (sulfide) groups is 1. The van der Waals surface area contributed by atoms with Crippen molar-refractivity contribution < 1.29 is 33.3 Å². The number of hydrogen-bond acceptors (Lipinski definition) is 9. The second kappa shape index (κ2) is 11.6. The number of hydrogen-bond donors (Lipinski definition) is 0. The van der Waals surface area contributed by atoms with Gasteiger partial charge in [-0.1, -0.05) is 28.5 Å². The van der Waals surface area contributed by atoms with E-state index in [-0.39, 0.29) is 6.61 Å². The molecule has 1 aromatic rings. The molecule has 0 aliphatic carbocycles. The summed E-state index contributed by atoms with van der Waals surface area (Å²) in [7, 11) is 0. The lowest BCUT2D eigenvalue weighted by Gasteiger charge is -2.43. The van der Waals surface area contributed by atoms with Gasteiger partial charge < -0.3 is 18.9 Å². The summed E-state index contributed by atoms with van der Waals surface area (Å²) in [6, 6.07) is 4.04. The van der Waals surface area contributed by atoms with Gasteiger partial charge in [-0.2, -0.15) is 0 Å². The number of carbonyl (C=O) groups is 3. The molecule has 31 heavy (non-hydrogen) atoms. The summed E-state index contributed by atoms with van der Waals surface area (Å²) in [6.45, 7) is 3.31. The maximum absolute atomic E-state index is 11.8. The van der Waals surface area contributed by atoms with E-state index in [0.717, 1.165) is 11.8 Å². The first-order chi connectivity index (χ1) is 14.6. The molecular formula is C18H19BrClN3O7S. The van der Waals surface area contributed by atoms with Gasteiger partial charge in [-0.3, -0.25) is 14.4 Å². The van der Waals surface area contributed by atoms with E-state index in [4.69, 9.17) is 36.1 Å². The molecule has 2 rings (SSSR count). The third-order valence-electron chi connectivity index (χ3n) is 4.00. The van der Waals surface area contributed by atoms with Gasteiger partial charge in [-0.15, -0.1) is 0 Å². The molecule has 1 aliphatic rings. The fraction of sp³-hybridized carbons (Fsp3) is 0.500. The molecule has 0 saturated carbocycles. The van der Waals surface area contributed by atoms with Crippen molar-refractivity contribution in [2.24, 2.45) is 5.11 Å². The Hall–Kier alpha value is -1.98. The molecule has 0 spiro atoms. The number of carbonyl (C=O) groups excluding carboxylic acids is 3. The van der Waals surface area contributed by atoms with Gasteiger partial charge in [0.2, 0.25) is 0 Å². The van der Waals surface area contributed by atoms with E-state index in [1.165, 1.54) is 20.8 Å². The average Bonchev–Trinajstić information content (AvgIpc) is 2.67. The van der Waals surface area contributed by atoms with Gasteiger partial charge in [-0.05, 0) is 39.7 Å². The molecule has 10 nitrogen and oxygen atoms in total. The summed E-state index contributed by atoms with van der Waals surface area (Å²) in [5.74, 6) is -1.89. The molecular weight excluding hydrogens is 518 g/mol. The van der Waals surface area contributed by atoms with Crippen molar-refractivity contribution in [3.8, 4) is 0 Å². The van der Waals surface area contributed by atoms with Crippen LogP contribution in [0.3, 0.4) is 0 Å². The standard InChI is InChI=1S/C18H19BrClN3O7S/c1-8(24)27-7-14-16(28-9(2)25)15(22-23-21)17(29-10(3)26)18(30-14)31-11-4-5-12(19)13(20)6-11/h4-6,14-18H,7H2,1-3H3/t14-,15+,16+,17-,18-/m1/s1. The summed E-state index contributed by atoms with van der Waals surface area (Å²) in [5, 5.41) is 4.16. The zero-order valence-corrected chi connectivity index (χ0v) is 19.8. The fourth-order valence-corrected chi connectivity index (χ4v) is 4.49. The van der Waals surface area contributed by atoms with Crippen molar-refractivity contribution >= 4 is 57.2 Å². The largest absolute Gasteiger partial charge is 0.463 e. The van der Waals surface area contributed by atoms with E-state index < -0.39 is 47.7 Å². The van der Waals surface area contributed by atoms with Crippen LogP contribution in [0.15, 0.2) is 32.7 Å². The van der Waals surface area contributed by atoms with E-state index in [1.54, 1.807) is 18.2 Å². The molecule has 13 heteroatoms. The monoisotopic (exact) mass is 535 g/mol. The fourth-order valence-electron chi connectivity index (χ4n) is 2.85. The number of esters is 3.